The molecule has 1 aromatic carbocycles. The Morgan fingerprint density at radius 3 is 3.14 bits per heavy atom. The summed E-state index contributed by atoms with van der Waals surface area (Å²) in [4.78, 5) is 13.4. The number of benzene rings is 1. The quantitative estimate of drug-likeness (QED) is 0.671. The molecule has 0 spiro atoms. The third-order valence-electron chi connectivity index (χ3n) is 3.39. The van der Waals surface area contributed by atoms with Crippen molar-refractivity contribution in [2.45, 2.75) is 19.1 Å². The van der Waals surface area contributed by atoms with Gasteiger partial charge in [-0.2, -0.15) is 0 Å². The summed E-state index contributed by atoms with van der Waals surface area (Å²) in [5.74, 6) is 0.710. The summed E-state index contributed by atoms with van der Waals surface area (Å²) >= 11 is 0. The highest BCUT2D eigenvalue weighted by molar-refractivity contribution is 5.78. The van der Waals surface area contributed by atoms with Crippen LogP contribution < -0.4 is 15.8 Å². The van der Waals surface area contributed by atoms with E-state index in [4.69, 9.17) is 10.5 Å². The van der Waals surface area contributed by atoms with Crippen LogP contribution in [-0.2, 0) is 11.3 Å². The molecule has 4 N–H and O–H groups in total. The molecule has 1 atom stereocenters. The van der Waals surface area contributed by atoms with E-state index in [1.54, 1.807) is 0 Å². The van der Waals surface area contributed by atoms with Gasteiger partial charge in [0.1, 0.15) is 18.5 Å². The molecule has 0 aliphatic carbocycles. The lowest BCUT2D eigenvalue weighted by Crippen LogP contribution is -2.39. The minimum Gasteiger partial charge on any atom is -0.491 e. The normalized spacial score (nSPS) is 17.9. The predicted molar refractivity (Wildman–Crippen MR) is 79.9 cm³/mol. The Balaban J connectivity index is 1.78. The van der Waals surface area contributed by atoms with Crippen molar-refractivity contribution in [3.05, 3.63) is 29.8 Å². The smallest absolute Gasteiger partial charge is 0.234 e. The van der Waals surface area contributed by atoms with E-state index < -0.39 is 6.10 Å². The molecule has 0 radical (unpaired) electrons. The highest BCUT2D eigenvalue weighted by Gasteiger charge is 2.17. The summed E-state index contributed by atoms with van der Waals surface area (Å²) < 4.78 is 5.58. The van der Waals surface area contributed by atoms with Crippen molar-refractivity contribution >= 4 is 5.91 Å². The molecule has 21 heavy (non-hydrogen) atoms. The zero-order valence-electron chi connectivity index (χ0n) is 12.1. The number of hydrogen-bond acceptors (Lipinski definition) is 5. The number of ether oxygens (including phenoxy) is 1. The molecule has 1 aliphatic heterocycles. The molecule has 1 fully saturated rings. The van der Waals surface area contributed by atoms with Crippen molar-refractivity contribution in [1.82, 2.24) is 10.2 Å². The molecule has 0 saturated carbocycles. The first-order valence-corrected chi connectivity index (χ1v) is 7.26. The Morgan fingerprint density at radius 1 is 1.48 bits per heavy atom. The van der Waals surface area contributed by atoms with Crippen molar-refractivity contribution in [3.8, 4) is 5.75 Å². The van der Waals surface area contributed by atoms with Crippen LogP contribution in [0, 0.1) is 0 Å². The van der Waals surface area contributed by atoms with Crippen molar-refractivity contribution in [2.75, 3.05) is 32.8 Å². The Kier molecular flexibility index (Phi) is 5.98. The zero-order valence-corrected chi connectivity index (χ0v) is 12.1. The number of nitrogens with zero attached hydrogens (tertiary/aromatic N) is 1. The van der Waals surface area contributed by atoms with E-state index in [9.17, 15) is 9.90 Å². The van der Waals surface area contributed by atoms with Crippen molar-refractivity contribution < 1.29 is 14.6 Å². The Hall–Kier alpha value is -1.63. The fourth-order valence-corrected chi connectivity index (χ4v) is 2.33. The van der Waals surface area contributed by atoms with Gasteiger partial charge in [-0.05, 0) is 24.1 Å². The van der Waals surface area contributed by atoms with Crippen LogP contribution in [0.4, 0.5) is 0 Å². The first-order valence-electron chi connectivity index (χ1n) is 7.26. The molecule has 1 amide bonds. The Labute approximate surface area is 124 Å². The molecule has 6 heteroatoms. The third-order valence-corrected chi connectivity index (χ3v) is 3.39. The lowest BCUT2D eigenvalue weighted by molar-refractivity contribution is -0.121. The number of amides is 1. The number of β-amino-alcohol motifs (C(OH)–C–C–N with tert-alkyl or cyclic N) is 1. The number of aliphatic hydroxyl groups is 1. The average Bonchev–Trinajstić information content (AvgIpc) is 2.69. The number of aliphatic hydroxyl groups excluding tert-OH is 1. The van der Waals surface area contributed by atoms with Gasteiger partial charge in [0.25, 0.3) is 0 Å². The maximum Gasteiger partial charge on any atom is 0.234 e. The van der Waals surface area contributed by atoms with E-state index >= 15 is 0 Å². The molecular formula is C15H23N3O3. The van der Waals surface area contributed by atoms with Crippen molar-refractivity contribution in [1.29, 1.82) is 0 Å². The molecule has 1 heterocycles. The van der Waals surface area contributed by atoms with Gasteiger partial charge in [-0.15, -0.1) is 0 Å². The van der Waals surface area contributed by atoms with E-state index in [0.29, 0.717) is 31.9 Å². The number of hydrogen-bond donors (Lipinski definition) is 3. The number of rotatable bonds is 6. The van der Waals surface area contributed by atoms with E-state index in [1.165, 1.54) is 0 Å². The first kappa shape index (κ1) is 15.8. The molecule has 1 aliphatic rings. The van der Waals surface area contributed by atoms with Gasteiger partial charge in [0.15, 0.2) is 0 Å². The maximum absolute atomic E-state index is 11.4. The highest BCUT2D eigenvalue weighted by atomic mass is 16.5. The molecular weight excluding hydrogens is 270 g/mol. The number of nitrogens with two attached hydrogens (primary N) is 1. The molecule has 0 aromatic heterocycles. The Morgan fingerprint density at radius 2 is 2.33 bits per heavy atom. The predicted octanol–water partition coefficient (Wildman–Crippen LogP) is -0.293. The van der Waals surface area contributed by atoms with Gasteiger partial charge in [0.05, 0.1) is 6.54 Å². The van der Waals surface area contributed by atoms with Crippen LogP contribution >= 0.6 is 0 Å². The maximum atomic E-state index is 11.4. The van der Waals surface area contributed by atoms with Gasteiger partial charge < -0.3 is 20.9 Å². The third kappa shape index (κ3) is 5.34. The van der Waals surface area contributed by atoms with Crippen LogP contribution in [0.5, 0.6) is 5.75 Å². The second-order valence-corrected chi connectivity index (χ2v) is 5.25. The van der Waals surface area contributed by atoms with Crippen LogP contribution in [-0.4, -0.2) is 54.8 Å². The molecule has 0 bridgehead atoms. The lowest BCUT2D eigenvalue weighted by Gasteiger charge is -2.22. The summed E-state index contributed by atoms with van der Waals surface area (Å²) in [6, 6.07) is 7.51. The fraction of sp³-hybridized carbons (Fsp3) is 0.533. The van der Waals surface area contributed by atoms with E-state index in [-0.39, 0.29) is 12.5 Å². The summed E-state index contributed by atoms with van der Waals surface area (Å²) in [5.41, 5.74) is 6.57. The van der Waals surface area contributed by atoms with Gasteiger partial charge in [-0.1, -0.05) is 12.1 Å². The average molecular weight is 293 g/mol. The van der Waals surface area contributed by atoms with Gasteiger partial charge in [0, 0.05) is 26.2 Å². The summed E-state index contributed by atoms with van der Waals surface area (Å²) in [6.45, 7) is 2.94. The van der Waals surface area contributed by atoms with Crippen LogP contribution in [0.25, 0.3) is 0 Å². The lowest BCUT2D eigenvalue weighted by atomic mass is 10.2. The number of carbonyl (C=O) groups excluding carboxylic acids is 1. The summed E-state index contributed by atoms with van der Waals surface area (Å²) in [5, 5.41) is 12.9. The number of carbonyl (C=O) groups is 1. The second-order valence-electron chi connectivity index (χ2n) is 5.25. The Bertz CT molecular complexity index is 467. The van der Waals surface area contributed by atoms with Gasteiger partial charge in [0.2, 0.25) is 5.91 Å². The van der Waals surface area contributed by atoms with Crippen molar-refractivity contribution in [3.63, 3.8) is 0 Å². The molecule has 2 rings (SSSR count). The van der Waals surface area contributed by atoms with E-state index in [1.807, 2.05) is 29.2 Å². The van der Waals surface area contributed by atoms with Crippen LogP contribution in [0.2, 0.25) is 0 Å². The minimum atomic E-state index is -0.627. The summed E-state index contributed by atoms with van der Waals surface area (Å²) in [7, 11) is 0. The van der Waals surface area contributed by atoms with Crippen molar-refractivity contribution in [2.24, 2.45) is 5.73 Å². The topological polar surface area (TPSA) is 87.8 Å². The van der Waals surface area contributed by atoms with Crippen LogP contribution in [0.3, 0.4) is 0 Å². The molecule has 6 nitrogen and oxygen atoms in total. The van der Waals surface area contributed by atoms with Gasteiger partial charge in [-0.25, -0.2) is 0 Å². The standard InChI is InChI=1S/C15H23N3O3/c16-8-12-3-1-4-14(7-12)21-11-13(19)9-18-6-2-5-17-15(20)10-18/h1,3-4,7,13,19H,2,5-6,8-11,16H2,(H,17,20). The van der Waals surface area contributed by atoms with E-state index in [0.717, 1.165) is 18.5 Å². The fourth-order valence-electron chi connectivity index (χ4n) is 2.33. The van der Waals surface area contributed by atoms with Gasteiger partial charge >= 0.3 is 0 Å². The zero-order chi connectivity index (χ0) is 15.1. The van der Waals surface area contributed by atoms with Gasteiger partial charge in [-0.3, -0.25) is 9.69 Å². The van der Waals surface area contributed by atoms with Crippen LogP contribution in [0.1, 0.15) is 12.0 Å². The summed E-state index contributed by atoms with van der Waals surface area (Å²) in [6.07, 6.45) is 0.273. The molecule has 1 saturated heterocycles. The SMILES string of the molecule is NCc1cccc(OCC(O)CN2CCCNC(=O)C2)c1. The molecule has 1 unspecified atom stereocenters. The first-order chi connectivity index (χ1) is 10.2. The largest absolute Gasteiger partial charge is 0.491 e. The minimum absolute atomic E-state index is 0.0104. The highest BCUT2D eigenvalue weighted by Crippen LogP contribution is 2.13. The van der Waals surface area contributed by atoms with Crippen LogP contribution in [0.15, 0.2) is 24.3 Å². The molecule has 116 valence electrons. The molecule has 1 aromatic rings. The second kappa shape index (κ2) is 7.97. The number of nitrogens with one attached hydrogen (secondary N) is 1. The monoisotopic (exact) mass is 293 g/mol. The van der Waals surface area contributed by atoms with E-state index in [2.05, 4.69) is 5.32 Å².